The quantitative estimate of drug-likeness (QED) is 0.738. The van der Waals surface area contributed by atoms with E-state index in [1.54, 1.807) is 6.07 Å². The van der Waals surface area contributed by atoms with Crippen LogP contribution in [0.5, 0.6) is 0 Å². The van der Waals surface area contributed by atoms with Gasteiger partial charge in [0.05, 0.1) is 11.5 Å². The Morgan fingerprint density at radius 2 is 1.65 bits per heavy atom. The number of benzene rings is 2. The molecule has 134 valence electrons. The largest absolute Gasteiger partial charge is 0.416 e. The van der Waals surface area contributed by atoms with Crippen molar-refractivity contribution in [1.82, 2.24) is 5.32 Å². The molecular weight excluding hydrogens is 337 g/mol. The average molecular weight is 356 g/mol. The van der Waals surface area contributed by atoms with Crippen molar-refractivity contribution >= 4 is 5.69 Å². The highest BCUT2D eigenvalue weighted by Gasteiger charge is 2.38. The van der Waals surface area contributed by atoms with Crippen molar-refractivity contribution in [3.63, 3.8) is 0 Å². The van der Waals surface area contributed by atoms with E-state index in [2.05, 4.69) is 30.4 Å². The van der Waals surface area contributed by atoms with Gasteiger partial charge in [-0.3, -0.25) is 0 Å². The molecular formula is C21H19F3N2. The van der Waals surface area contributed by atoms with Crippen LogP contribution in [0.25, 0.3) is 0 Å². The Morgan fingerprint density at radius 1 is 0.962 bits per heavy atom. The normalized spacial score (nSPS) is 20.0. The van der Waals surface area contributed by atoms with E-state index in [0.717, 1.165) is 11.8 Å². The lowest BCUT2D eigenvalue weighted by molar-refractivity contribution is -0.137. The lowest BCUT2D eigenvalue weighted by atomic mass is 9.83. The van der Waals surface area contributed by atoms with E-state index in [0.29, 0.717) is 22.7 Å². The molecule has 1 saturated heterocycles. The van der Waals surface area contributed by atoms with Gasteiger partial charge in [0.2, 0.25) is 0 Å². The zero-order valence-corrected chi connectivity index (χ0v) is 14.1. The zero-order valence-electron chi connectivity index (χ0n) is 14.1. The summed E-state index contributed by atoms with van der Waals surface area (Å²) in [7, 11) is 0. The molecule has 2 aromatic rings. The number of allylic oxidation sites excluding steroid dienone is 1. The van der Waals surface area contributed by atoms with E-state index in [4.69, 9.17) is 0 Å². The molecule has 1 heterocycles. The van der Waals surface area contributed by atoms with E-state index < -0.39 is 11.7 Å². The van der Waals surface area contributed by atoms with Crippen molar-refractivity contribution in [3.8, 4) is 0 Å². The lowest BCUT2D eigenvalue weighted by Crippen LogP contribution is -2.17. The monoisotopic (exact) mass is 356 g/mol. The average Bonchev–Trinajstić information content (AvgIpc) is 2.89. The fourth-order valence-electron chi connectivity index (χ4n) is 3.26. The molecule has 0 aliphatic carbocycles. The first kappa shape index (κ1) is 17.9. The molecule has 2 nitrogen and oxygen atoms in total. The SMILES string of the molecule is C=C1NC(=C)[C@@H](C(=C)Nc2ccccc2)C1c1cccc(C(F)(F)F)c1. The third-order valence-electron chi connectivity index (χ3n) is 4.43. The van der Waals surface area contributed by atoms with Crippen LogP contribution in [0.4, 0.5) is 18.9 Å². The highest BCUT2D eigenvalue weighted by Crippen LogP contribution is 2.44. The summed E-state index contributed by atoms with van der Waals surface area (Å²) in [5.41, 5.74) is 2.61. The Hall–Kier alpha value is -2.95. The van der Waals surface area contributed by atoms with Crippen molar-refractivity contribution < 1.29 is 13.2 Å². The van der Waals surface area contributed by atoms with E-state index in [9.17, 15) is 13.2 Å². The van der Waals surface area contributed by atoms with Crippen LogP contribution >= 0.6 is 0 Å². The molecule has 1 fully saturated rings. The zero-order chi connectivity index (χ0) is 18.9. The van der Waals surface area contributed by atoms with Gasteiger partial charge in [-0.15, -0.1) is 0 Å². The van der Waals surface area contributed by atoms with Gasteiger partial charge >= 0.3 is 6.18 Å². The Morgan fingerprint density at radius 3 is 2.31 bits per heavy atom. The van der Waals surface area contributed by atoms with Crippen LogP contribution in [-0.2, 0) is 6.18 Å². The van der Waals surface area contributed by atoms with Crippen molar-refractivity contribution in [1.29, 1.82) is 0 Å². The predicted molar refractivity (Wildman–Crippen MR) is 98.3 cm³/mol. The minimum Gasteiger partial charge on any atom is -0.362 e. The first-order valence-corrected chi connectivity index (χ1v) is 8.10. The summed E-state index contributed by atoms with van der Waals surface area (Å²) in [6.07, 6.45) is -4.39. The molecule has 2 aromatic carbocycles. The maximum atomic E-state index is 13.1. The topological polar surface area (TPSA) is 24.1 Å². The number of hydrogen-bond donors (Lipinski definition) is 2. The van der Waals surface area contributed by atoms with E-state index in [1.165, 1.54) is 12.1 Å². The van der Waals surface area contributed by atoms with Gasteiger partial charge in [0.25, 0.3) is 0 Å². The minimum absolute atomic E-state index is 0.314. The van der Waals surface area contributed by atoms with Crippen molar-refractivity contribution in [2.24, 2.45) is 5.92 Å². The molecule has 1 aliphatic rings. The van der Waals surface area contributed by atoms with Gasteiger partial charge in [0, 0.05) is 28.7 Å². The molecule has 26 heavy (non-hydrogen) atoms. The van der Waals surface area contributed by atoms with Crippen LogP contribution in [0.2, 0.25) is 0 Å². The number of para-hydroxylation sites is 1. The fraction of sp³-hybridized carbons (Fsp3) is 0.143. The van der Waals surface area contributed by atoms with E-state index in [-0.39, 0.29) is 11.8 Å². The molecule has 0 amide bonds. The summed E-state index contributed by atoms with van der Waals surface area (Å²) < 4.78 is 39.3. The molecule has 0 aromatic heterocycles. The van der Waals surface area contributed by atoms with Gasteiger partial charge in [-0.2, -0.15) is 13.2 Å². The number of alkyl halides is 3. The van der Waals surface area contributed by atoms with Gasteiger partial charge in [-0.25, -0.2) is 0 Å². The Bertz CT molecular complexity index is 853. The molecule has 0 radical (unpaired) electrons. The molecule has 3 rings (SSSR count). The summed E-state index contributed by atoms with van der Waals surface area (Å²) in [5, 5.41) is 6.29. The van der Waals surface area contributed by atoms with Crippen LogP contribution in [-0.4, -0.2) is 0 Å². The number of nitrogens with one attached hydrogen (secondary N) is 2. The molecule has 1 aliphatic heterocycles. The second kappa shape index (κ2) is 6.75. The van der Waals surface area contributed by atoms with Crippen molar-refractivity contribution in [3.05, 3.63) is 103 Å². The van der Waals surface area contributed by atoms with Gasteiger partial charge in [-0.1, -0.05) is 56.1 Å². The van der Waals surface area contributed by atoms with Crippen molar-refractivity contribution in [2.45, 2.75) is 12.1 Å². The third kappa shape index (κ3) is 3.52. The molecule has 0 spiro atoms. The number of hydrogen-bond acceptors (Lipinski definition) is 2. The third-order valence-corrected chi connectivity index (χ3v) is 4.43. The van der Waals surface area contributed by atoms with Crippen LogP contribution in [0.15, 0.2) is 91.4 Å². The highest BCUT2D eigenvalue weighted by molar-refractivity contribution is 5.52. The maximum absolute atomic E-state index is 13.1. The summed E-state index contributed by atoms with van der Waals surface area (Å²) >= 11 is 0. The van der Waals surface area contributed by atoms with E-state index in [1.807, 2.05) is 30.3 Å². The fourth-order valence-corrected chi connectivity index (χ4v) is 3.26. The molecule has 0 saturated carbocycles. The highest BCUT2D eigenvalue weighted by atomic mass is 19.4. The first-order valence-electron chi connectivity index (χ1n) is 8.10. The Labute approximate surface area is 150 Å². The smallest absolute Gasteiger partial charge is 0.362 e. The summed E-state index contributed by atoms with van der Waals surface area (Å²) in [6.45, 7) is 12.1. The summed E-state index contributed by atoms with van der Waals surface area (Å²) in [6, 6.07) is 14.8. The standard InChI is InChI=1S/C21H19F3N2/c1-13-19(14(2)26-18-10-5-4-6-11-18)20(15(3)25-13)16-8-7-9-17(12-16)21(22,23)24/h4-12,19-20,25-26H,1-3H2/t19-,20?/m0/s1. The summed E-state index contributed by atoms with van der Waals surface area (Å²) in [5.74, 6) is -0.695. The molecule has 2 atom stereocenters. The summed E-state index contributed by atoms with van der Waals surface area (Å²) in [4.78, 5) is 0. The maximum Gasteiger partial charge on any atom is 0.416 e. The van der Waals surface area contributed by atoms with Crippen LogP contribution < -0.4 is 10.6 Å². The van der Waals surface area contributed by atoms with Crippen LogP contribution in [0.3, 0.4) is 0 Å². The predicted octanol–water partition coefficient (Wildman–Crippen LogP) is 5.66. The number of anilines is 1. The number of rotatable bonds is 4. The Balaban J connectivity index is 1.93. The lowest BCUT2D eigenvalue weighted by Gasteiger charge is -2.23. The second-order valence-corrected chi connectivity index (χ2v) is 6.27. The van der Waals surface area contributed by atoms with Gasteiger partial charge in [0.1, 0.15) is 0 Å². The molecule has 1 unspecified atom stereocenters. The first-order chi connectivity index (χ1) is 12.3. The van der Waals surface area contributed by atoms with Gasteiger partial charge in [0.15, 0.2) is 0 Å². The Kier molecular flexibility index (Phi) is 4.64. The minimum atomic E-state index is -4.39. The van der Waals surface area contributed by atoms with Crippen molar-refractivity contribution in [2.75, 3.05) is 5.32 Å². The number of halogens is 3. The van der Waals surface area contributed by atoms with Gasteiger partial charge in [-0.05, 0) is 23.8 Å². The molecule has 5 heteroatoms. The second-order valence-electron chi connectivity index (χ2n) is 6.27. The molecule has 2 N–H and O–H groups in total. The van der Waals surface area contributed by atoms with Gasteiger partial charge < -0.3 is 10.6 Å². The van der Waals surface area contributed by atoms with Crippen LogP contribution in [0.1, 0.15) is 17.0 Å². The van der Waals surface area contributed by atoms with E-state index >= 15 is 0 Å². The molecule has 0 bridgehead atoms. The van der Waals surface area contributed by atoms with Crippen LogP contribution in [0, 0.1) is 5.92 Å².